The Morgan fingerprint density at radius 2 is 1.85 bits per heavy atom. The molecule has 8 heteroatoms. The summed E-state index contributed by atoms with van der Waals surface area (Å²) in [5, 5.41) is 6.33. The number of amides is 1. The van der Waals surface area contributed by atoms with Gasteiger partial charge in [-0.25, -0.2) is 8.42 Å². The maximum atomic E-state index is 12.4. The first-order chi connectivity index (χ1) is 12.4. The molecule has 1 aliphatic heterocycles. The molecular formula is C18H20ClN3O3S. The van der Waals surface area contributed by atoms with Crippen molar-refractivity contribution in [2.24, 2.45) is 0 Å². The molecule has 1 saturated heterocycles. The monoisotopic (exact) mass is 393 g/mol. The van der Waals surface area contributed by atoms with E-state index in [1.807, 2.05) is 0 Å². The SMILES string of the molecule is CNc1cc(NC(=O)c2ccc(N3CCCCS3(=O)=O)cc2)ccc1Cl. The van der Waals surface area contributed by atoms with Crippen LogP contribution < -0.4 is 14.9 Å². The van der Waals surface area contributed by atoms with Gasteiger partial charge in [0.05, 0.1) is 22.2 Å². The van der Waals surface area contributed by atoms with E-state index in [-0.39, 0.29) is 11.7 Å². The van der Waals surface area contributed by atoms with Crippen molar-refractivity contribution in [3.63, 3.8) is 0 Å². The van der Waals surface area contributed by atoms with Crippen molar-refractivity contribution < 1.29 is 13.2 Å². The van der Waals surface area contributed by atoms with E-state index in [2.05, 4.69) is 10.6 Å². The Labute approximate surface area is 158 Å². The second-order valence-corrected chi connectivity index (χ2v) is 8.46. The summed E-state index contributed by atoms with van der Waals surface area (Å²) in [6, 6.07) is 11.8. The molecule has 3 rings (SSSR count). The summed E-state index contributed by atoms with van der Waals surface area (Å²) in [5.74, 6) is -0.109. The molecule has 0 aromatic heterocycles. The lowest BCUT2D eigenvalue weighted by Crippen LogP contribution is -2.37. The highest BCUT2D eigenvalue weighted by Crippen LogP contribution is 2.26. The average Bonchev–Trinajstić information content (AvgIpc) is 2.63. The van der Waals surface area contributed by atoms with Crippen molar-refractivity contribution >= 4 is 44.6 Å². The first-order valence-electron chi connectivity index (χ1n) is 8.30. The largest absolute Gasteiger partial charge is 0.387 e. The van der Waals surface area contributed by atoms with E-state index in [1.54, 1.807) is 49.5 Å². The van der Waals surface area contributed by atoms with Gasteiger partial charge in [-0.1, -0.05) is 11.6 Å². The van der Waals surface area contributed by atoms with Crippen LogP contribution in [0.1, 0.15) is 23.2 Å². The van der Waals surface area contributed by atoms with E-state index in [0.29, 0.717) is 34.9 Å². The summed E-state index contributed by atoms with van der Waals surface area (Å²) in [6.45, 7) is 0.478. The molecule has 1 fully saturated rings. The molecule has 1 heterocycles. The molecule has 0 aliphatic carbocycles. The summed E-state index contributed by atoms with van der Waals surface area (Å²) in [5.41, 5.74) is 2.37. The van der Waals surface area contributed by atoms with Crippen molar-refractivity contribution in [3.05, 3.63) is 53.1 Å². The number of carbonyl (C=O) groups is 1. The van der Waals surface area contributed by atoms with Gasteiger partial charge in [-0.05, 0) is 55.3 Å². The minimum atomic E-state index is -3.26. The first kappa shape index (κ1) is 18.5. The molecule has 0 radical (unpaired) electrons. The van der Waals surface area contributed by atoms with Gasteiger partial charge in [-0.3, -0.25) is 9.10 Å². The lowest BCUT2D eigenvalue weighted by molar-refractivity contribution is 0.102. The van der Waals surface area contributed by atoms with Crippen LogP contribution in [-0.4, -0.2) is 33.7 Å². The lowest BCUT2D eigenvalue weighted by atomic mass is 10.1. The van der Waals surface area contributed by atoms with Crippen molar-refractivity contribution in [2.45, 2.75) is 12.8 Å². The number of nitrogens with one attached hydrogen (secondary N) is 2. The van der Waals surface area contributed by atoms with Gasteiger partial charge in [0.2, 0.25) is 10.0 Å². The summed E-state index contributed by atoms with van der Waals surface area (Å²) in [6.07, 6.45) is 1.53. The third kappa shape index (κ3) is 3.94. The molecule has 0 atom stereocenters. The second kappa shape index (κ2) is 7.55. The molecule has 2 aromatic rings. The lowest BCUT2D eigenvalue weighted by Gasteiger charge is -2.28. The number of hydrogen-bond acceptors (Lipinski definition) is 4. The number of hydrogen-bond donors (Lipinski definition) is 2. The Kier molecular flexibility index (Phi) is 5.38. The summed E-state index contributed by atoms with van der Waals surface area (Å²) in [4.78, 5) is 12.4. The minimum Gasteiger partial charge on any atom is -0.387 e. The zero-order valence-corrected chi connectivity index (χ0v) is 15.9. The van der Waals surface area contributed by atoms with Crippen molar-refractivity contribution in [1.82, 2.24) is 0 Å². The molecule has 6 nitrogen and oxygen atoms in total. The van der Waals surface area contributed by atoms with Crippen molar-refractivity contribution in [1.29, 1.82) is 0 Å². The maximum absolute atomic E-state index is 12.4. The van der Waals surface area contributed by atoms with Gasteiger partial charge in [0.25, 0.3) is 5.91 Å². The van der Waals surface area contributed by atoms with E-state index < -0.39 is 10.0 Å². The van der Waals surface area contributed by atoms with Crippen LogP contribution in [0, 0.1) is 0 Å². The highest BCUT2D eigenvalue weighted by atomic mass is 35.5. The molecule has 2 aromatic carbocycles. The van der Waals surface area contributed by atoms with E-state index in [0.717, 1.165) is 12.1 Å². The summed E-state index contributed by atoms with van der Waals surface area (Å²) < 4.78 is 25.7. The molecule has 1 aliphatic rings. The highest BCUT2D eigenvalue weighted by Gasteiger charge is 2.26. The summed E-state index contributed by atoms with van der Waals surface area (Å²) in [7, 11) is -1.51. The molecule has 0 unspecified atom stereocenters. The quantitative estimate of drug-likeness (QED) is 0.832. The van der Waals surface area contributed by atoms with Gasteiger partial charge in [0, 0.05) is 24.8 Å². The molecule has 0 spiro atoms. The topological polar surface area (TPSA) is 78.5 Å². The molecule has 26 heavy (non-hydrogen) atoms. The smallest absolute Gasteiger partial charge is 0.255 e. The fourth-order valence-electron chi connectivity index (χ4n) is 2.86. The van der Waals surface area contributed by atoms with E-state index >= 15 is 0 Å². The van der Waals surface area contributed by atoms with Crippen molar-refractivity contribution in [3.8, 4) is 0 Å². The Morgan fingerprint density at radius 1 is 1.12 bits per heavy atom. The maximum Gasteiger partial charge on any atom is 0.255 e. The predicted molar refractivity (Wildman–Crippen MR) is 106 cm³/mol. The van der Waals surface area contributed by atoms with E-state index in [1.165, 1.54) is 4.31 Å². The second-order valence-electron chi connectivity index (χ2n) is 6.04. The third-order valence-corrected chi connectivity index (χ3v) is 6.46. The van der Waals surface area contributed by atoms with Gasteiger partial charge < -0.3 is 10.6 Å². The number of halogens is 1. The highest BCUT2D eigenvalue weighted by molar-refractivity contribution is 7.92. The number of rotatable bonds is 4. The number of nitrogens with zero attached hydrogens (tertiary/aromatic N) is 1. The van der Waals surface area contributed by atoms with Crippen LogP contribution in [0.25, 0.3) is 0 Å². The minimum absolute atomic E-state index is 0.166. The standard InChI is InChI=1S/C18H20ClN3O3S/c1-20-17-12-14(6-9-16(17)19)21-18(23)13-4-7-15(8-5-13)22-10-2-3-11-26(22,24)25/h4-9,12,20H,2-3,10-11H2,1H3,(H,21,23). The molecular weight excluding hydrogens is 374 g/mol. The third-order valence-electron chi connectivity index (χ3n) is 4.26. The first-order valence-corrected chi connectivity index (χ1v) is 10.3. The van der Waals surface area contributed by atoms with Gasteiger partial charge in [-0.15, -0.1) is 0 Å². The van der Waals surface area contributed by atoms with Crippen LogP contribution in [0.3, 0.4) is 0 Å². The molecule has 0 bridgehead atoms. The zero-order valence-electron chi connectivity index (χ0n) is 14.3. The van der Waals surface area contributed by atoms with Gasteiger partial charge in [0.1, 0.15) is 0 Å². The Balaban J connectivity index is 1.75. The van der Waals surface area contributed by atoms with Crippen LogP contribution >= 0.6 is 11.6 Å². The number of benzene rings is 2. The van der Waals surface area contributed by atoms with E-state index in [4.69, 9.17) is 11.6 Å². The van der Waals surface area contributed by atoms with Gasteiger partial charge in [0.15, 0.2) is 0 Å². The zero-order chi connectivity index (χ0) is 18.7. The summed E-state index contributed by atoms with van der Waals surface area (Å²) >= 11 is 6.04. The molecule has 0 saturated carbocycles. The molecule has 138 valence electrons. The van der Waals surface area contributed by atoms with Crippen LogP contribution in [-0.2, 0) is 10.0 Å². The molecule has 1 amide bonds. The fraction of sp³-hybridized carbons (Fsp3) is 0.278. The number of anilines is 3. The number of sulfonamides is 1. The average molecular weight is 394 g/mol. The van der Waals surface area contributed by atoms with Crippen LogP contribution in [0.15, 0.2) is 42.5 Å². The van der Waals surface area contributed by atoms with Crippen LogP contribution in [0.4, 0.5) is 17.1 Å². The van der Waals surface area contributed by atoms with Crippen LogP contribution in [0.2, 0.25) is 5.02 Å². The predicted octanol–water partition coefficient (Wildman–Crippen LogP) is 3.56. The fourth-order valence-corrected chi connectivity index (χ4v) is 4.71. The van der Waals surface area contributed by atoms with Crippen LogP contribution in [0.5, 0.6) is 0 Å². The normalized spacial score (nSPS) is 16.2. The van der Waals surface area contributed by atoms with Crippen molar-refractivity contribution in [2.75, 3.05) is 34.3 Å². The Bertz CT molecular complexity index is 914. The Morgan fingerprint density at radius 3 is 2.50 bits per heavy atom. The van der Waals surface area contributed by atoms with Gasteiger partial charge in [-0.2, -0.15) is 0 Å². The van der Waals surface area contributed by atoms with Gasteiger partial charge >= 0.3 is 0 Å². The molecule has 2 N–H and O–H groups in total. The Hall–Kier alpha value is -2.25. The number of carbonyl (C=O) groups excluding carboxylic acids is 1. The van der Waals surface area contributed by atoms with E-state index in [9.17, 15) is 13.2 Å².